The van der Waals surface area contributed by atoms with Crippen molar-refractivity contribution in [2.24, 2.45) is 11.7 Å². The number of carboxylic acid groups (broad SMARTS) is 1. The highest BCUT2D eigenvalue weighted by atomic mass is 32.1. The normalized spacial score (nSPS) is 14.2. The van der Waals surface area contributed by atoms with Gasteiger partial charge in [0.1, 0.15) is 23.9 Å². The average Bonchev–Trinajstić information content (AvgIpc) is 2.87. The number of hydrogen-bond acceptors (Lipinski definition) is 7. The van der Waals surface area contributed by atoms with Gasteiger partial charge in [0.25, 0.3) is 0 Å². The maximum absolute atomic E-state index is 13.2. The lowest BCUT2D eigenvalue weighted by atomic mass is 10.0. The molecule has 37 heavy (non-hydrogen) atoms. The van der Waals surface area contributed by atoms with Crippen LogP contribution in [0.1, 0.15) is 25.0 Å². The highest BCUT2D eigenvalue weighted by Gasteiger charge is 2.30. The van der Waals surface area contributed by atoms with Crippen molar-refractivity contribution in [2.75, 3.05) is 5.75 Å². The molecule has 0 saturated heterocycles. The summed E-state index contributed by atoms with van der Waals surface area (Å²) >= 11 is 4.16. The van der Waals surface area contributed by atoms with Crippen molar-refractivity contribution in [3.05, 3.63) is 65.7 Å². The molecule has 0 saturated carbocycles. The van der Waals surface area contributed by atoms with E-state index in [0.29, 0.717) is 5.56 Å². The van der Waals surface area contributed by atoms with Gasteiger partial charge in [-0.3, -0.25) is 14.4 Å². The topological polar surface area (TPSA) is 171 Å². The van der Waals surface area contributed by atoms with E-state index in [-0.39, 0.29) is 30.3 Å². The van der Waals surface area contributed by atoms with Crippen LogP contribution in [0, 0.1) is 5.92 Å². The Bertz CT molecular complexity index is 1060. The average molecular weight is 531 g/mol. The number of nitrogens with one attached hydrogen (secondary N) is 3. The predicted octanol–water partition coefficient (Wildman–Crippen LogP) is 0.630. The molecule has 2 aromatic rings. The summed E-state index contributed by atoms with van der Waals surface area (Å²) < 4.78 is 0. The lowest BCUT2D eigenvalue weighted by Crippen LogP contribution is -2.58. The van der Waals surface area contributed by atoms with Gasteiger partial charge in [0.05, 0.1) is 6.04 Å². The monoisotopic (exact) mass is 530 g/mol. The van der Waals surface area contributed by atoms with Crippen LogP contribution in [0.25, 0.3) is 0 Å². The Balaban J connectivity index is 2.20. The van der Waals surface area contributed by atoms with Crippen molar-refractivity contribution in [2.45, 2.75) is 50.9 Å². The number of carboxylic acids is 1. The summed E-state index contributed by atoms with van der Waals surface area (Å²) in [6.45, 7) is 3.55. The van der Waals surface area contributed by atoms with Crippen LogP contribution in [0.15, 0.2) is 54.6 Å². The number of hydrogen-bond donors (Lipinski definition) is 7. The third-order valence-corrected chi connectivity index (χ3v) is 6.11. The third-order valence-electron chi connectivity index (χ3n) is 5.74. The molecule has 0 fully saturated rings. The quantitative estimate of drug-likeness (QED) is 0.186. The number of rotatable bonds is 13. The molecule has 3 amide bonds. The fourth-order valence-corrected chi connectivity index (χ4v) is 3.69. The molecule has 10 nitrogen and oxygen atoms in total. The molecule has 2 rings (SSSR count). The first-order valence-electron chi connectivity index (χ1n) is 11.8. The summed E-state index contributed by atoms with van der Waals surface area (Å²) in [5.41, 5.74) is 7.20. The van der Waals surface area contributed by atoms with Crippen LogP contribution in [0.2, 0.25) is 0 Å². The van der Waals surface area contributed by atoms with E-state index in [1.54, 1.807) is 56.3 Å². The van der Waals surface area contributed by atoms with Crippen LogP contribution in [-0.2, 0) is 32.0 Å². The van der Waals surface area contributed by atoms with Gasteiger partial charge in [-0.25, -0.2) is 4.79 Å². The zero-order valence-corrected chi connectivity index (χ0v) is 21.7. The van der Waals surface area contributed by atoms with Crippen LogP contribution >= 0.6 is 12.6 Å². The zero-order valence-electron chi connectivity index (χ0n) is 20.8. The van der Waals surface area contributed by atoms with Crippen molar-refractivity contribution in [1.82, 2.24) is 16.0 Å². The number of benzene rings is 2. The Hall–Kier alpha value is -3.57. The summed E-state index contributed by atoms with van der Waals surface area (Å²) in [6, 6.07) is 10.6. The van der Waals surface area contributed by atoms with Crippen molar-refractivity contribution in [3.8, 4) is 5.75 Å². The van der Waals surface area contributed by atoms with Crippen LogP contribution < -0.4 is 21.7 Å². The molecule has 4 unspecified atom stereocenters. The summed E-state index contributed by atoms with van der Waals surface area (Å²) in [4.78, 5) is 50.5. The van der Waals surface area contributed by atoms with E-state index in [1.807, 2.05) is 0 Å². The number of amides is 3. The van der Waals surface area contributed by atoms with E-state index in [9.17, 15) is 29.4 Å². The number of nitrogens with two attached hydrogens (primary N) is 1. The van der Waals surface area contributed by atoms with Gasteiger partial charge in [0, 0.05) is 18.6 Å². The Kier molecular flexibility index (Phi) is 11.4. The van der Waals surface area contributed by atoms with Gasteiger partial charge in [-0.1, -0.05) is 56.3 Å². The molecule has 0 aliphatic carbocycles. The summed E-state index contributed by atoms with van der Waals surface area (Å²) in [5.74, 6) is -3.29. The second-order valence-electron chi connectivity index (χ2n) is 9.03. The molecule has 200 valence electrons. The van der Waals surface area contributed by atoms with Gasteiger partial charge in [-0.2, -0.15) is 12.6 Å². The second-order valence-corrected chi connectivity index (χ2v) is 9.40. The molecule has 0 aromatic heterocycles. The van der Waals surface area contributed by atoms with Gasteiger partial charge in [0.15, 0.2) is 0 Å². The Morgan fingerprint density at radius 1 is 0.784 bits per heavy atom. The zero-order chi connectivity index (χ0) is 27.5. The number of aromatic hydroxyl groups is 1. The summed E-state index contributed by atoms with van der Waals surface area (Å²) in [5, 5.41) is 26.8. The van der Waals surface area contributed by atoms with E-state index < -0.39 is 47.9 Å². The van der Waals surface area contributed by atoms with Crippen molar-refractivity contribution in [1.29, 1.82) is 0 Å². The number of phenolic OH excluding ortho intramolecular Hbond substituents is 1. The maximum Gasteiger partial charge on any atom is 0.326 e. The van der Waals surface area contributed by atoms with Crippen LogP contribution in [0.3, 0.4) is 0 Å². The minimum absolute atomic E-state index is 0.0320. The number of phenols is 1. The SMILES string of the molecule is CC(C)C(N)C(=O)NC(CS)C(=O)NC(Cc1ccccc1)C(=O)NC(Cc1ccc(O)cc1)C(=O)O. The third kappa shape index (κ3) is 9.43. The lowest BCUT2D eigenvalue weighted by molar-refractivity contribution is -0.142. The number of carbonyl (C=O) groups excluding carboxylic acids is 3. The number of aliphatic carboxylic acids is 1. The number of thiol groups is 1. The minimum atomic E-state index is -1.28. The minimum Gasteiger partial charge on any atom is -0.508 e. The first-order chi connectivity index (χ1) is 17.5. The van der Waals surface area contributed by atoms with Crippen molar-refractivity contribution in [3.63, 3.8) is 0 Å². The van der Waals surface area contributed by atoms with E-state index >= 15 is 0 Å². The molecule has 0 aliphatic heterocycles. The Morgan fingerprint density at radius 3 is 1.81 bits per heavy atom. The van der Waals surface area contributed by atoms with Crippen LogP contribution in [0.4, 0.5) is 0 Å². The maximum atomic E-state index is 13.2. The largest absolute Gasteiger partial charge is 0.508 e. The molecular formula is C26H34N4O6S. The van der Waals surface area contributed by atoms with Gasteiger partial charge in [-0.15, -0.1) is 0 Å². The Labute approximate surface area is 221 Å². The molecule has 0 bridgehead atoms. The summed E-state index contributed by atoms with van der Waals surface area (Å²) in [7, 11) is 0. The fraction of sp³-hybridized carbons (Fsp3) is 0.385. The standard InChI is InChI=1S/C26H34N4O6S/c1-15(2)22(27)25(34)30-21(14-37)24(33)28-19(12-16-6-4-3-5-7-16)23(32)29-20(26(35)36)13-17-8-10-18(31)11-9-17/h3-11,15,19-22,31,37H,12-14,27H2,1-2H3,(H,28,33)(H,29,32)(H,30,34)(H,35,36). The molecule has 7 N–H and O–H groups in total. The number of carbonyl (C=O) groups is 4. The van der Waals surface area contributed by atoms with E-state index in [2.05, 4.69) is 28.6 Å². The molecule has 11 heteroatoms. The molecule has 0 spiro atoms. The van der Waals surface area contributed by atoms with E-state index in [1.165, 1.54) is 12.1 Å². The van der Waals surface area contributed by atoms with Crippen molar-refractivity contribution >= 4 is 36.3 Å². The van der Waals surface area contributed by atoms with E-state index in [0.717, 1.165) is 5.56 Å². The van der Waals surface area contributed by atoms with Crippen molar-refractivity contribution < 1.29 is 29.4 Å². The first-order valence-corrected chi connectivity index (χ1v) is 12.5. The van der Waals surface area contributed by atoms with Gasteiger partial charge in [0.2, 0.25) is 17.7 Å². The molecular weight excluding hydrogens is 496 g/mol. The smallest absolute Gasteiger partial charge is 0.326 e. The molecule has 0 radical (unpaired) electrons. The second kappa shape index (κ2) is 14.2. The molecule has 0 aliphatic rings. The first kappa shape index (κ1) is 29.7. The fourth-order valence-electron chi connectivity index (χ4n) is 3.44. The van der Waals surface area contributed by atoms with Gasteiger partial charge >= 0.3 is 5.97 Å². The lowest BCUT2D eigenvalue weighted by Gasteiger charge is -2.25. The summed E-state index contributed by atoms with van der Waals surface area (Å²) in [6.07, 6.45) is 0.0540. The van der Waals surface area contributed by atoms with E-state index in [4.69, 9.17) is 5.73 Å². The molecule has 2 aromatic carbocycles. The highest BCUT2D eigenvalue weighted by Crippen LogP contribution is 2.12. The predicted molar refractivity (Wildman–Crippen MR) is 142 cm³/mol. The van der Waals surface area contributed by atoms with Crippen LogP contribution in [-0.4, -0.2) is 63.8 Å². The highest BCUT2D eigenvalue weighted by molar-refractivity contribution is 7.80. The molecule has 4 atom stereocenters. The van der Waals surface area contributed by atoms with Gasteiger partial charge in [-0.05, 0) is 29.2 Å². The molecule has 0 heterocycles. The van der Waals surface area contributed by atoms with Gasteiger partial charge < -0.3 is 31.9 Å². The Morgan fingerprint density at radius 2 is 1.27 bits per heavy atom. The van der Waals surface area contributed by atoms with Crippen LogP contribution in [0.5, 0.6) is 5.75 Å².